The van der Waals surface area contributed by atoms with Crippen molar-refractivity contribution in [3.63, 3.8) is 0 Å². The van der Waals surface area contributed by atoms with Gasteiger partial charge in [-0.05, 0) is 19.8 Å². The molecule has 0 saturated carbocycles. The van der Waals surface area contributed by atoms with Crippen LogP contribution in [0.15, 0.2) is 4.52 Å². The summed E-state index contributed by atoms with van der Waals surface area (Å²) in [4.78, 5) is 11.8. The quantitative estimate of drug-likeness (QED) is 0.743. The third-order valence-electron chi connectivity index (χ3n) is 2.31. The zero-order valence-electron chi connectivity index (χ0n) is 10.0. The molecule has 0 unspecified atom stereocenters. The molecule has 0 spiro atoms. The highest BCUT2D eigenvalue weighted by molar-refractivity contribution is 5.96. The zero-order valence-corrected chi connectivity index (χ0v) is 10.0. The van der Waals surface area contributed by atoms with Crippen LogP contribution in [0, 0.1) is 6.92 Å². The fourth-order valence-corrected chi connectivity index (χ4v) is 1.46. The fourth-order valence-electron chi connectivity index (χ4n) is 1.46. The molecule has 0 aliphatic carbocycles. The predicted octanol–water partition coefficient (Wildman–Crippen LogP) is 1.31. The van der Waals surface area contributed by atoms with Crippen molar-refractivity contribution < 1.29 is 14.1 Å². The molecule has 5 nitrogen and oxygen atoms in total. The van der Waals surface area contributed by atoms with Crippen LogP contribution in [-0.4, -0.2) is 31.3 Å². The molecule has 1 N–H and O–H groups in total. The van der Waals surface area contributed by atoms with E-state index in [1.807, 2.05) is 6.92 Å². The van der Waals surface area contributed by atoms with E-state index in [1.54, 1.807) is 14.0 Å². The average molecular weight is 226 g/mol. The molecule has 0 aromatic carbocycles. The van der Waals surface area contributed by atoms with Crippen LogP contribution in [0.3, 0.4) is 0 Å². The lowest BCUT2D eigenvalue weighted by atomic mass is 10.1. The SMILES string of the molecule is CCc1noc(C)c1C(=O)NCCCOC. The summed E-state index contributed by atoms with van der Waals surface area (Å²) in [5.74, 6) is 0.452. The highest BCUT2D eigenvalue weighted by atomic mass is 16.5. The van der Waals surface area contributed by atoms with Gasteiger partial charge in [-0.25, -0.2) is 0 Å². The smallest absolute Gasteiger partial charge is 0.256 e. The lowest BCUT2D eigenvalue weighted by Gasteiger charge is -2.04. The molecule has 0 aliphatic heterocycles. The summed E-state index contributed by atoms with van der Waals surface area (Å²) in [6.07, 6.45) is 1.49. The number of aromatic nitrogens is 1. The number of aryl methyl sites for hydroxylation is 2. The van der Waals surface area contributed by atoms with Crippen LogP contribution >= 0.6 is 0 Å². The highest BCUT2D eigenvalue weighted by Crippen LogP contribution is 2.13. The second-order valence-electron chi connectivity index (χ2n) is 3.52. The van der Waals surface area contributed by atoms with E-state index in [0.29, 0.717) is 36.6 Å². The first-order valence-electron chi connectivity index (χ1n) is 5.43. The monoisotopic (exact) mass is 226 g/mol. The number of hydrogen-bond donors (Lipinski definition) is 1. The van der Waals surface area contributed by atoms with Crippen LogP contribution in [0.2, 0.25) is 0 Å². The number of carbonyl (C=O) groups excluding carboxylic acids is 1. The Morgan fingerprint density at radius 2 is 2.31 bits per heavy atom. The average Bonchev–Trinajstić information content (AvgIpc) is 2.65. The third-order valence-corrected chi connectivity index (χ3v) is 2.31. The summed E-state index contributed by atoms with van der Waals surface area (Å²) in [6, 6.07) is 0. The topological polar surface area (TPSA) is 64.4 Å². The number of ether oxygens (including phenoxy) is 1. The van der Waals surface area contributed by atoms with E-state index in [0.717, 1.165) is 6.42 Å². The van der Waals surface area contributed by atoms with Crippen LogP contribution < -0.4 is 5.32 Å². The van der Waals surface area contributed by atoms with Crippen molar-refractivity contribution >= 4 is 5.91 Å². The Morgan fingerprint density at radius 3 is 2.94 bits per heavy atom. The lowest BCUT2D eigenvalue weighted by Crippen LogP contribution is -2.26. The first-order valence-corrected chi connectivity index (χ1v) is 5.43. The van der Waals surface area contributed by atoms with Crippen molar-refractivity contribution in [3.8, 4) is 0 Å². The van der Waals surface area contributed by atoms with Gasteiger partial charge in [-0.15, -0.1) is 0 Å². The van der Waals surface area contributed by atoms with Gasteiger partial charge in [-0.3, -0.25) is 4.79 Å². The van der Waals surface area contributed by atoms with Gasteiger partial charge in [0.1, 0.15) is 11.3 Å². The van der Waals surface area contributed by atoms with E-state index in [1.165, 1.54) is 0 Å². The van der Waals surface area contributed by atoms with Gasteiger partial charge in [0.05, 0.1) is 5.69 Å². The van der Waals surface area contributed by atoms with Gasteiger partial charge in [0, 0.05) is 20.3 Å². The molecule has 16 heavy (non-hydrogen) atoms. The Hall–Kier alpha value is -1.36. The van der Waals surface area contributed by atoms with Crippen LogP contribution in [0.25, 0.3) is 0 Å². The minimum absolute atomic E-state index is 0.119. The molecule has 1 aromatic heterocycles. The minimum Gasteiger partial charge on any atom is -0.385 e. The van der Waals surface area contributed by atoms with Crippen molar-refractivity contribution in [2.45, 2.75) is 26.7 Å². The lowest BCUT2D eigenvalue weighted by molar-refractivity contribution is 0.0946. The fraction of sp³-hybridized carbons (Fsp3) is 0.636. The van der Waals surface area contributed by atoms with Crippen LogP contribution in [0.4, 0.5) is 0 Å². The van der Waals surface area contributed by atoms with Crippen molar-refractivity contribution in [2.24, 2.45) is 0 Å². The molecule has 1 rings (SSSR count). The molecule has 5 heteroatoms. The molecular weight excluding hydrogens is 208 g/mol. The van der Waals surface area contributed by atoms with Gasteiger partial charge < -0.3 is 14.6 Å². The standard InChI is InChI=1S/C11H18N2O3/c1-4-9-10(8(2)16-13-9)11(14)12-6-5-7-15-3/h4-7H2,1-3H3,(H,12,14). The molecule has 0 fully saturated rings. The Bertz CT molecular complexity index is 347. The third kappa shape index (κ3) is 3.06. The summed E-state index contributed by atoms with van der Waals surface area (Å²) < 4.78 is 9.90. The van der Waals surface area contributed by atoms with Crippen molar-refractivity contribution in [3.05, 3.63) is 17.0 Å². The second-order valence-corrected chi connectivity index (χ2v) is 3.52. The molecule has 1 aromatic rings. The first-order chi connectivity index (χ1) is 7.70. The van der Waals surface area contributed by atoms with Crippen LogP contribution in [-0.2, 0) is 11.2 Å². The maximum Gasteiger partial charge on any atom is 0.256 e. The predicted molar refractivity (Wildman–Crippen MR) is 59.4 cm³/mol. The molecule has 0 saturated heterocycles. The number of hydrogen-bond acceptors (Lipinski definition) is 4. The Balaban J connectivity index is 2.55. The highest BCUT2D eigenvalue weighted by Gasteiger charge is 2.18. The van der Waals surface area contributed by atoms with E-state index >= 15 is 0 Å². The van der Waals surface area contributed by atoms with Gasteiger partial charge >= 0.3 is 0 Å². The van der Waals surface area contributed by atoms with Crippen molar-refractivity contribution in [1.29, 1.82) is 0 Å². The molecule has 0 radical (unpaired) electrons. The Morgan fingerprint density at radius 1 is 1.56 bits per heavy atom. The summed E-state index contributed by atoms with van der Waals surface area (Å²) in [6.45, 7) is 4.93. The normalized spacial score (nSPS) is 10.4. The van der Waals surface area contributed by atoms with Gasteiger partial charge in [0.25, 0.3) is 5.91 Å². The van der Waals surface area contributed by atoms with E-state index in [4.69, 9.17) is 9.26 Å². The molecule has 90 valence electrons. The van der Waals surface area contributed by atoms with Crippen molar-refractivity contribution in [2.75, 3.05) is 20.3 Å². The minimum atomic E-state index is -0.119. The van der Waals surface area contributed by atoms with Gasteiger partial charge in [-0.1, -0.05) is 12.1 Å². The van der Waals surface area contributed by atoms with E-state index in [-0.39, 0.29) is 5.91 Å². The molecule has 0 atom stereocenters. The molecular formula is C11H18N2O3. The number of rotatable bonds is 6. The van der Waals surface area contributed by atoms with E-state index in [9.17, 15) is 4.79 Å². The summed E-state index contributed by atoms with van der Waals surface area (Å²) in [5, 5.41) is 6.66. The van der Waals surface area contributed by atoms with E-state index < -0.39 is 0 Å². The second kappa shape index (κ2) is 6.27. The van der Waals surface area contributed by atoms with Crippen molar-refractivity contribution in [1.82, 2.24) is 10.5 Å². The largest absolute Gasteiger partial charge is 0.385 e. The van der Waals surface area contributed by atoms with Crippen LogP contribution in [0.1, 0.15) is 35.2 Å². The zero-order chi connectivity index (χ0) is 12.0. The van der Waals surface area contributed by atoms with Gasteiger partial charge in [0.2, 0.25) is 0 Å². The number of carbonyl (C=O) groups is 1. The number of nitrogens with zero attached hydrogens (tertiary/aromatic N) is 1. The van der Waals surface area contributed by atoms with Gasteiger partial charge in [0.15, 0.2) is 0 Å². The molecule has 1 amide bonds. The maximum absolute atomic E-state index is 11.8. The van der Waals surface area contributed by atoms with Gasteiger partial charge in [-0.2, -0.15) is 0 Å². The summed E-state index contributed by atoms with van der Waals surface area (Å²) >= 11 is 0. The van der Waals surface area contributed by atoms with E-state index in [2.05, 4.69) is 10.5 Å². The maximum atomic E-state index is 11.8. The number of methoxy groups -OCH3 is 1. The number of nitrogens with one attached hydrogen (secondary N) is 1. The molecule has 0 aliphatic rings. The first kappa shape index (κ1) is 12.7. The van der Waals surface area contributed by atoms with Crippen LogP contribution in [0.5, 0.6) is 0 Å². The molecule has 0 bridgehead atoms. The summed E-state index contributed by atoms with van der Waals surface area (Å²) in [7, 11) is 1.64. The Labute approximate surface area is 95.1 Å². The molecule has 1 heterocycles. The summed E-state index contributed by atoms with van der Waals surface area (Å²) in [5.41, 5.74) is 1.28. The number of amides is 1. The Kier molecular flexibility index (Phi) is 4.98.